The molecule has 3 rings (SSSR count). The summed E-state index contributed by atoms with van der Waals surface area (Å²) < 4.78 is 0. The Morgan fingerprint density at radius 1 is 1.19 bits per heavy atom. The summed E-state index contributed by atoms with van der Waals surface area (Å²) in [6.07, 6.45) is 7.63. The van der Waals surface area contributed by atoms with Gasteiger partial charge in [-0.3, -0.25) is 9.59 Å². The van der Waals surface area contributed by atoms with Crippen LogP contribution < -0.4 is 16.2 Å². The molecule has 0 aromatic carbocycles. The number of anilines is 1. The van der Waals surface area contributed by atoms with E-state index in [1.165, 1.54) is 11.3 Å². The molecule has 6 nitrogen and oxygen atoms in total. The number of carboxylic acid groups (broad SMARTS) is 1. The van der Waals surface area contributed by atoms with Crippen molar-refractivity contribution >= 4 is 34.1 Å². The van der Waals surface area contributed by atoms with E-state index in [4.69, 9.17) is 5.73 Å². The molecule has 0 saturated heterocycles. The first-order valence-corrected chi connectivity index (χ1v) is 10.7. The van der Waals surface area contributed by atoms with E-state index in [0.717, 1.165) is 55.4 Å². The fourth-order valence-corrected chi connectivity index (χ4v) is 5.96. The Morgan fingerprint density at radius 3 is 2.52 bits per heavy atom. The third kappa shape index (κ3) is 4.18. The molecule has 0 bridgehead atoms. The first-order valence-electron chi connectivity index (χ1n) is 9.88. The van der Waals surface area contributed by atoms with Gasteiger partial charge in [-0.25, -0.2) is 0 Å². The fourth-order valence-electron chi connectivity index (χ4n) is 4.59. The molecule has 148 valence electrons. The number of hydrogen-bond acceptors (Lipinski definition) is 5. The van der Waals surface area contributed by atoms with Gasteiger partial charge in [-0.2, -0.15) is 0 Å². The molecule has 0 radical (unpaired) electrons. The normalized spacial score (nSPS) is 24.9. The summed E-state index contributed by atoms with van der Waals surface area (Å²) in [7, 11) is 0. The van der Waals surface area contributed by atoms with E-state index in [0.29, 0.717) is 29.3 Å². The van der Waals surface area contributed by atoms with Crippen LogP contribution in [0.4, 0.5) is 5.00 Å². The van der Waals surface area contributed by atoms with E-state index in [2.05, 4.69) is 12.2 Å². The molecule has 1 fully saturated rings. The number of nitrogens with one attached hydrogen (secondary N) is 1. The van der Waals surface area contributed by atoms with E-state index in [-0.39, 0.29) is 5.91 Å². The standard InChI is InChI=1S/C20H28N2O4S/c1-2-5-11-8-9-14-15(10-11)27-19(16(14)17(21)23)22-18(24)12-6-3-4-7-13(12)20(25)26/h11-13H,2-10H2,1H3,(H2,21,23)(H,22,24)(H,25,26)/p-1. The molecule has 3 atom stereocenters. The molecule has 3 unspecified atom stereocenters. The number of carbonyl (C=O) groups excluding carboxylic acids is 3. The third-order valence-corrected chi connectivity index (χ3v) is 7.12. The van der Waals surface area contributed by atoms with Gasteiger partial charge in [-0.1, -0.05) is 32.6 Å². The maximum Gasteiger partial charge on any atom is 0.251 e. The minimum Gasteiger partial charge on any atom is -0.550 e. The highest BCUT2D eigenvalue weighted by Gasteiger charge is 2.34. The Bertz CT molecular complexity index is 743. The lowest BCUT2D eigenvalue weighted by atomic mass is 9.78. The van der Waals surface area contributed by atoms with Gasteiger partial charge in [0.2, 0.25) is 5.91 Å². The van der Waals surface area contributed by atoms with Crippen LogP contribution >= 0.6 is 11.3 Å². The zero-order chi connectivity index (χ0) is 19.6. The Kier molecular flexibility index (Phi) is 6.19. The van der Waals surface area contributed by atoms with E-state index in [9.17, 15) is 19.5 Å². The second kappa shape index (κ2) is 8.42. The summed E-state index contributed by atoms with van der Waals surface area (Å²) in [4.78, 5) is 37.4. The fraction of sp³-hybridized carbons (Fsp3) is 0.650. The Hall–Kier alpha value is -1.89. The number of thiophene rings is 1. The lowest BCUT2D eigenvalue weighted by Gasteiger charge is -2.31. The van der Waals surface area contributed by atoms with Crippen molar-refractivity contribution in [2.45, 2.75) is 64.7 Å². The van der Waals surface area contributed by atoms with Crippen LogP contribution in [-0.4, -0.2) is 17.8 Å². The van der Waals surface area contributed by atoms with Gasteiger partial charge in [0.1, 0.15) is 5.00 Å². The number of rotatable bonds is 6. The zero-order valence-corrected chi connectivity index (χ0v) is 16.5. The quantitative estimate of drug-likeness (QED) is 0.774. The second-order valence-electron chi connectivity index (χ2n) is 7.78. The first-order chi connectivity index (χ1) is 12.9. The Balaban J connectivity index is 1.83. The van der Waals surface area contributed by atoms with Crippen molar-refractivity contribution in [1.29, 1.82) is 0 Å². The van der Waals surface area contributed by atoms with Gasteiger partial charge in [0, 0.05) is 22.7 Å². The predicted octanol–water partition coefficient (Wildman–Crippen LogP) is 2.25. The predicted molar refractivity (Wildman–Crippen MR) is 102 cm³/mol. The van der Waals surface area contributed by atoms with Gasteiger partial charge in [0.25, 0.3) is 5.91 Å². The largest absolute Gasteiger partial charge is 0.550 e. The van der Waals surface area contributed by atoms with Crippen molar-refractivity contribution in [3.8, 4) is 0 Å². The highest BCUT2D eigenvalue weighted by atomic mass is 32.1. The number of aliphatic carboxylic acids is 1. The van der Waals surface area contributed by atoms with Gasteiger partial charge in [-0.15, -0.1) is 11.3 Å². The van der Waals surface area contributed by atoms with Gasteiger partial charge in [0.05, 0.1) is 5.56 Å². The number of nitrogens with two attached hydrogens (primary N) is 1. The molecule has 2 amide bonds. The monoisotopic (exact) mass is 391 g/mol. The molecule has 2 aliphatic carbocycles. The van der Waals surface area contributed by atoms with Crippen LogP contribution in [-0.2, 0) is 22.4 Å². The van der Waals surface area contributed by atoms with Crippen molar-refractivity contribution in [3.05, 3.63) is 16.0 Å². The van der Waals surface area contributed by atoms with Crippen LogP contribution in [0.1, 0.15) is 72.7 Å². The van der Waals surface area contributed by atoms with Crippen molar-refractivity contribution in [2.75, 3.05) is 5.32 Å². The highest BCUT2D eigenvalue weighted by molar-refractivity contribution is 7.17. The van der Waals surface area contributed by atoms with Gasteiger partial charge in [0.15, 0.2) is 0 Å². The third-order valence-electron chi connectivity index (χ3n) is 5.95. The number of carbonyl (C=O) groups is 3. The highest BCUT2D eigenvalue weighted by Crippen LogP contribution is 2.41. The lowest BCUT2D eigenvalue weighted by molar-refractivity contribution is -0.313. The number of carboxylic acids is 1. The summed E-state index contributed by atoms with van der Waals surface area (Å²) in [5.41, 5.74) is 7.00. The zero-order valence-electron chi connectivity index (χ0n) is 15.7. The average molecular weight is 392 g/mol. The summed E-state index contributed by atoms with van der Waals surface area (Å²) in [5.74, 6) is -2.81. The van der Waals surface area contributed by atoms with Crippen LogP contribution in [0.5, 0.6) is 0 Å². The maximum atomic E-state index is 12.8. The molecule has 3 N–H and O–H groups in total. The Morgan fingerprint density at radius 2 is 1.89 bits per heavy atom. The van der Waals surface area contributed by atoms with E-state index >= 15 is 0 Å². The molecule has 2 aliphatic rings. The van der Waals surface area contributed by atoms with Crippen LogP contribution in [0.3, 0.4) is 0 Å². The van der Waals surface area contributed by atoms with Crippen LogP contribution in [0.15, 0.2) is 0 Å². The molecule has 0 spiro atoms. The number of fused-ring (bicyclic) bond motifs is 1. The molecule has 7 heteroatoms. The summed E-state index contributed by atoms with van der Waals surface area (Å²) in [5, 5.41) is 14.7. The first kappa shape index (κ1) is 19.9. The molecule has 27 heavy (non-hydrogen) atoms. The number of amides is 2. The molecule has 1 heterocycles. The number of hydrogen-bond donors (Lipinski definition) is 2. The second-order valence-corrected chi connectivity index (χ2v) is 8.88. The van der Waals surface area contributed by atoms with Crippen molar-refractivity contribution in [2.24, 2.45) is 23.5 Å². The lowest BCUT2D eigenvalue weighted by Crippen LogP contribution is -2.42. The summed E-state index contributed by atoms with van der Waals surface area (Å²) >= 11 is 1.43. The van der Waals surface area contributed by atoms with Gasteiger partial charge in [-0.05, 0) is 43.6 Å². The smallest absolute Gasteiger partial charge is 0.251 e. The SMILES string of the molecule is CCCC1CCc2c(sc(NC(=O)C3CCCCC3C(=O)[O-])c2C(N)=O)C1. The molecule has 1 aromatic heterocycles. The maximum absolute atomic E-state index is 12.8. The van der Waals surface area contributed by atoms with Crippen molar-refractivity contribution < 1.29 is 19.5 Å². The molecule has 0 aliphatic heterocycles. The van der Waals surface area contributed by atoms with E-state index in [1.54, 1.807) is 0 Å². The van der Waals surface area contributed by atoms with Crippen molar-refractivity contribution in [3.63, 3.8) is 0 Å². The van der Waals surface area contributed by atoms with E-state index in [1.807, 2.05) is 0 Å². The van der Waals surface area contributed by atoms with Gasteiger partial charge < -0.3 is 21.0 Å². The van der Waals surface area contributed by atoms with Crippen LogP contribution in [0, 0.1) is 17.8 Å². The van der Waals surface area contributed by atoms with Crippen LogP contribution in [0.2, 0.25) is 0 Å². The number of primary amides is 1. The molecular weight excluding hydrogens is 364 g/mol. The van der Waals surface area contributed by atoms with Crippen molar-refractivity contribution in [1.82, 2.24) is 0 Å². The topological polar surface area (TPSA) is 112 Å². The van der Waals surface area contributed by atoms with Gasteiger partial charge >= 0.3 is 0 Å². The molecule has 1 aromatic rings. The summed E-state index contributed by atoms with van der Waals surface area (Å²) in [6.45, 7) is 2.17. The molecule has 1 saturated carbocycles. The Labute approximate surface area is 163 Å². The summed E-state index contributed by atoms with van der Waals surface area (Å²) in [6, 6.07) is 0. The minimum atomic E-state index is -1.17. The molecular formula is C20H27N2O4S-. The average Bonchev–Trinajstić information content (AvgIpc) is 2.99. The van der Waals surface area contributed by atoms with Crippen LogP contribution in [0.25, 0.3) is 0 Å². The minimum absolute atomic E-state index is 0.338. The van der Waals surface area contributed by atoms with E-state index < -0.39 is 23.7 Å².